The minimum Gasteiger partial charge on any atom is -0.357 e. The second-order valence-electron chi connectivity index (χ2n) is 10.3. The second-order valence-corrected chi connectivity index (χ2v) is 11.2. The first kappa shape index (κ1) is 26.8. The van der Waals surface area contributed by atoms with E-state index < -0.39 is 5.91 Å². The third-order valence-corrected chi connectivity index (χ3v) is 8.35. The van der Waals surface area contributed by atoms with E-state index in [1.807, 2.05) is 54.5 Å². The zero-order chi connectivity index (χ0) is 27.4. The molecule has 0 saturated carbocycles. The van der Waals surface area contributed by atoms with Gasteiger partial charge in [-0.05, 0) is 56.7 Å². The number of carbonyl (C=O) groups excluding carboxylic acids is 3. The Morgan fingerprint density at radius 1 is 1.03 bits per heavy atom. The summed E-state index contributed by atoms with van der Waals surface area (Å²) >= 11 is 1.58. The number of rotatable bonds is 7. The molecule has 1 aromatic carbocycles. The number of hydrazine groups is 1. The van der Waals surface area contributed by atoms with Gasteiger partial charge in [-0.25, -0.2) is 9.97 Å². The molecule has 2 saturated heterocycles. The Morgan fingerprint density at radius 2 is 1.79 bits per heavy atom. The third kappa shape index (κ3) is 6.27. The number of aromatic nitrogens is 2. The van der Waals surface area contributed by atoms with E-state index in [1.165, 1.54) is 6.07 Å². The lowest BCUT2D eigenvalue weighted by Gasteiger charge is -2.24. The molecule has 2 aliphatic rings. The van der Waals surface area contributed by atoms with Crippen molar-refractivity contribution in [3.8, 4) is 0 Å². The average molecular weight is 547 g/mol. The van der Waals surface area contributed by atoms with Gasteiger partial charge in [0, 0.05) is 42.2 Å². The van der Waals surface area contributed by atoms with Crippen LogP contribution in [0, 0.1) is 12.8 Å². The molecule has 0 spiro atoms. The Morgan fingerprint density at radius 3 is 2.51 bits per heavy atom. The molecule has 2 atom stereocenters. The highest BCUT2D eigenvalue weighted by Gasteiger charge is 2.33. The van der Waals surface area contributed by atoms with Crippen LogP contribution in [-0.4, -0.2) is 52.2 Å². The lowest BCUT2D eigenvalue weighted by molar-refractivity contribution is -0.125. The first-order valence-corrected chi connectivity index (χ1v) is 14.4. The number of carbonyl (C=O) groups is 3. The summed E-state index contributed by atoms with van der Waals surface area (Å²) in [7, 11) is 0. The maximum absolute atomic E-state index is 13.8. The van der Waals surface area contributed by atoms with Gasteiger partial charge in [0.15, 0.2) is 0 Å². The molecule has 9 nitrogen and oxygen atoms in total. The topological polar surface area (TPSA) is 108 Å². The van der Waals surface area contributed by atoms with Crippen molar-refractivity contribution in [3.63, 3.8) is 0 Å². The van der Waals surface area contributed by atoms with E-state index in [0.29, 0.717) is 24.3 Å². The van der Waals surface area contributed by atoms with Crippen molar-refractivity contribution in [1.29, 1.82) is 0 Å². The first-order chi connectivity index (χ1) is 18.9. The predicted octanol–water partition coefficient (Wildman–Crippen LogP) is 4.06. The second kappa shape index (κ2) is 11.9. The Hall–Kier alpha value is -3.79. The van der Waals surface area contributed by atoms with E-state index >= 15 is 0 Å². The molecule has 0 bridgehead atoms. The number of hydrogen-bond acceptors (Lipinski definition) is 7. The quantitative estimate of drug-likeness (QED) is 0.433. The van der Waals surface area contributed by atoms with Crippen molar-refractivity contribution in [3.05, 3.63) is 75.4 Å². The average Bonchev–Trinajstić information content (AvgIpc) is 3.73. The number of pyridine rings is 1. The van der Waals surface area contributed by atoms with Crippen LogP contribution in [0.5, 0.6) is 0 Å². The van der Waals surface area contributed by atoms with Gasteiger partial charge in [0.05, 0.1) is 6.04 Å². The monoisotopic (exact) mass is 546 g/mol. The van der Waals surface area contributed by atoms with E-state index in [4.69, 9.17) is 0 Å². The van der Waals surface area contributed by atoms with Gasteiger partial charge in [0.1, 0.15) is 16.5 Å². The summed E-state index contributed by atoms with van der Waals surface area (Å²) in [4.78, 5) is 52.7. The summed E-state index contributed by atoms with van der Waals surface area (Å²) < 4.78 is 0. The molecular formula is C29H34N6O3S. The first-order valence-electron chi connectivity index (χ1n) is 13.5. The molecule has 0 aliphatic carbocycles. The van der Waals surface area contributed by atoms with Gasteiger partial charge in [-0.2, -0.15) is 0 Å². The van der Waals surface area contributed by atoms with Crippen LogP contribution < -0.4 is 15.8 Å². The number of thiazole rings is 1. The van der Waals surface area contributed by atoms with Crippen molar-refractivity contribution in [2.45, 2.75) is 52.0 Å². The summed E-state index contributed by atoms with van der Waals surface area (Å²) in [6, 6.07) is 13.0. The Bertz CT molecular complexity index is 1340. The lowest BCUT2D eigenvalue weighted by atomic mass is 10.0. The molecule has 4 heterocycles. The van der Waals surface area contributed by atoms with E-state index in [0.717, 1.165) is 55.0 Å². The normalized spacial score (nSPS) is 17.7. The molecule has 2 fully saturated rings. The Labute approximate surface area is 232 Å². The number of nitrogens with zero attached hydrogens (tertiary/aromatic N) is 4. The minimum absolute atomic E-state index is 0.0673. The van der Waals surface area contributed by atoms with Gasteiger partial charge < -0.3 is 9.80 Å². The molecule has 2 N–H and O–H groups in total. The third-order valence-electron chi connectivity index (χ3n) is 7.29. The molecule has 10 heteroatoms. The fourth-order valence-corrected chi connectivity index (χ4v) is 6.13. The van der Waals surface area contributed by atoms with Gasteiger partial charge in [0.2, 0.25) is 5.91 Å². The fourth-order valence-electron chi connectivity index (χ4n) is 5.19. The standard InChI is InChI=1S/C29H34N6O3S/c1-19(15-21-9-4-3-5-10-21)26(36)32-33-27(37)23-16-22(17-25(31-23)34-12-6-7-13-34)29(38)35-14-8-11-24(35)28-30-20(2)18-39-28/h3-5,9-10,16-19,24H,6-8,11-15H2,1-2H3,(H,32,36)(H,33,37)/t19?,24-/m1/s1. The summed E-state index contributed by atoms with van der Waals surface area (Å²) in [5.74, 6) is -0.720. The van der Waals surface area contributed by atoms with Crippen LogP contribution in [0.2, 0.25) is 0 Å². The summed E-state index contributed by atoms with van der Waals surface area (Å²) in [6.07, 6.45) is 4.39. The van der Waals surface area contributed by atoms with Crippen LogP contribution in [0.15, 0.2) is 47.8 Å². The zero-order valence-electron chi connectivity index (χ0n) is 22.4. The van der Waals surface area contributed by atoms with Crippen LogP contribution in [0.4, 0.5) is 5.82 Å². The summed E-state index contributed by atoms with van der Waals surface area (Å²) in [6.45, 7) is 6.06. The van der Waals surface area contributed by atoms with Crippen LogP contribution in [0.1, 0.15) is 75.8 Å². The number of nitrogens with one attached hydrogen (secondary N) is 2. The fraction of sp³-hybridized carbons (Fsp3) is 0.414. The maximum Gasteiger partial charge on any atom is 0.288 e. The van der Waals surface area contributed by atoms with Gasteiger partial charge in [0.25, 0.3) is 11.8 Å². The highest BCUT2D eigenvalue weighted by atomic mass is 32.1. The van der Waals surface area contributed by atoms with Crippen molar-refractivity contribution >= 4 is 34.9 Å². The molecule has 3 amide bonds. The van der Waals surface area contributed by atoms with Crippen molar-refractivity contribution in [2.24, 2.45) is 5.92 Å². The smallest absolute Gasteiger partial charge is 0.288 e. The number of benzene rings is 1. The zero-order valence-corrected chi connectivity index (χ0v) is 23.2. The van der Waals surface area contributed by atoms with E-state index in [2.05, 4.69) is 25.7 Å². The highest BCUT2D eigenvalue weighted by Crippen LogP contribution is 2.35. The molecule has 39 heavy (non-hydrogen) atoms. The Kier molecular flexibility index (Phi) is 8.21. The van der Waals surface area contributed by atoms with Gasteiger partial charge in [-0.1, -0.05) is 37.3 Å². The SMILES string of the molecule is Cc1csc([C@H]2CCCN2C(=O)c2cc(C(=O)NNC(=O)C(C)Cc3ccccc3)nc(N3CCCC3)c2)n1. The van der Waals surface area contributed by atoms with E-state index in [-0.39, 0.29) is 29.5 Å². The lowest BCUT2D eigenvalue weighted by Crippen LogP contribution is -2.44. The molecule has 5 rings (SSSR count). The number of hydrogen-bond donors (Lipinski definition) is 2. The molecule has 2 aromatic heterocycles. The predicted molar refractivity (Wildman–Crippen MR) is 150 cm³/mol. The minimum atomic E-state index is -0.557. The van der Waals surface area contributed by atoms with E-state index in [9.17, 15) is 14.4 Å². The van der Waals surface area contributed by atoms with Crippen LogP contribution in [0.3, 0.4) is 0 Å². The largest absolute Gasteiger partial charge is 0.357 e. The number of likely N-dealkylation sites (tertiary alicyclic amines) is 1. The van der Waals surface area contributed by atoms with Gasteiger partial charge in [-0.3, -0.25) is 25.2 Å². The number of anilines is 1. The molecule has 2 aliphatic heterocycles. The summed E-state index contributed by atoms with van der Waals surface area (Å²) in [5, 5.41) is 2.95. The van der Waals surface area contributed by atoms with Crippen molar-refractivity contribution in [1.82, 2.24) is 25.7 Å². The molecule has 3 aromatic rings. The maximum atomic E-state index is 13.8. The van der Waals surface area contributed by atoms with Crippen molar-refractivity contribution in [2.75, 3.05) is 24.5 Å². The van der Waals surface area contributed by atoms with Gasteiger partial charge in [-0.15, -0.1) is 11.3 Å². The molecule has 1 unspecified atom stereocenters. The Balaban J connectivity index is 1.32. The summed E-state index contributed by atoms with van der Waals surface area (Å²) in [5.41, 5.74) is 7.54. The molecule has 204 valence electrons. The van der Waals surface area contributed by atoms with Crippen LogP contribution in [0.25, 0.3) is 0 Å². The number of amides is 3. The highest BCUT2D eigenvalue weighted by molar-refractivity contribution is 7.09. The van der Waals surface area contributed by atoms with Gasteiger partial charge >= 0.3 is 0 Å². The van der Waals surface area contributed by atoms with Crippen LogP contribution in [-0.2, 0) is 11.2 Å². The van der Waals surface area contributed by atoms with Crippen molar-refractivity contribution < 1.29 is 14.4 Å². The molecule has 0 radical (unpaired) electrons. The molecular weight excluding hydrogens is 512 g/mol. The van der Waals surface area contributed by atoms with E-state index in [1.54, 1.807) is 17.4 Å². The number of aryl methyl sites for hydroxylation is 1. The van der Waals surface area contributed by atoms with Crippen LogP contribution >= 0.6 is 11.3 Å².